The molecular weight excluding hydrogens is 615 g/mol. The van der Waals surface area contributed by atoms with Crippen molar-refractivity contribution in [3.63, 3.8) is 0 Å². The SMILES string of the molecule is c1ccc(-c2ccc(C3=NC(c4ccc(-c5ccccc5)cc4)[N-]C(c4cc(-c5ccccc5)c5c(c4)sc4ccccc45)=N3)cc2)cc1. The predicted molar refractivity (Wildman–Crippen MR) is 208 cm³/mol. The molecule has 7 aromatic carbocycles. The van der Waals surface area contributed by atoms with Crippen molar-refractivity contribution in [2.24, 2.45) is 9.98 Å². The summed E-state index contributed by atoms with van der Waals surface area (Å²) in [4.78, 5) is 10.3. The van der Waals surface area contributed by atoms with Crippen molar-refractivity contribution in [3.8, 4) is 33.4 Å². The van der Waals surface area contributed by atoms with E-state index in [9.17, 15) is 0 Å². The molecule has 1 aromatic heterocycles. The van der Waals surface area contributed by atoms with Gasteiger partial charge in [-0.1, -0.05) is 164 Å². The van der Waals surface area contributed by atoms with E-state index in [1.807, 2.05) is 23.5 Å². The molecule has 1 aliphatic heterocycles. The molecule has 1 aliphatic rings. The summed E-state index contributed by atoms with van der Waals surface area (Å²) in [5.41, 5.74) is 10.0. The van der Waals surface area contributed by atoms with Crippen LogP contribution in [0.3, 0.4) is 0 Å². The lowest BCUT2D eigenvalue weighted by molar-refractivity contribution is 0.878. The lowest BCUT2D eigenvalue weighted by Gasteiger charge is -2.33. The third-order valence-electron chi connectivity index (χ3n) is 9.09. The first-order valence-corrected chi connectivity index (χ1v) is 17.3. The summed E-state index contributed by atoms with van der Waals surface area (Å²) >= 11 is 1.82. The predicted octanol–water partition coefficient (Wildman–Crippen LogP) is 12.3. The number of benzene rings is 7. The molecule has 2 heterocycles. The molecule has 0 amide bonds. The van der Waals surface area contributed by atoms with Crippen LogP contribution in [0.1, 0.15) is 22.9 Å². The Hall–Kier alpha value is -6.10. The number of thiophene rings is 1. The highest BCUT2D eigenvalue weighted by atomic mass is 32.1. The van der Waals surface area contributed by atoms with E-state index in [0.717, 1.165) is 27.8 Å². The Labute approximate surface area is 289 Å². The number of fused-ring (bicyclic) bond motifs is 3. The van der Waals surface area contributed by atoms with Crippen LogP contribution < -0.4 is 0 Å². The number of rotatable bonds is 6. The molecule has 0 bridgehead atoms. The number of nitrogens with zero attached hydrogens (tertiary/aromatic N) is 3. The summed E-state index contributed by atoms with van der Waals surface area (Å²) in [6.07, 6.45) is -0.431. The molecule has 0 spiro atoms. The molecule has 0 saturated carbocycles. The standard InChI is InChI=1S/C45H30N3S/c1-4-12-30(13-5-1)32-20-24-35(25-21-32)43-46-44(36-26-22-33(23-27-36)31-14-6-2-7-15-31)48-45(47-43)37-28-39(34-16-8-3-9-17-34)42-38-18-10-11-19-40(38)49-41(42)29-37/h1-29,43H/q-1. The molecule has 0 fully saturated rings. The van der Waals surface area contributed by atoms with Crippen molar-refractivity contribution in [1.29, 1.82) is 0 Å². The highest BCUT2D eigenvalue weighted by Crippen LogP contribution is 2.42. The summed E-state index contributed by atoms with van der Waals surface area (Å²) < 4.78 is 2.49. The summed E-state index contributed by atoms with van der Waals surface area (Å²) in [6, 6.07) is 61.8. The van der Waals surface area contributed by atoms with Gasteiger partial charge in [0, 0.05) is 20.2 Å². The van der Waals surface area contributed by atoms with Gasteiger partial charge >= 0.3 is 0 Å². The van der Waals surface area contributed by atoms with E-state index in [2.05, 4.69) is 164 Å². The largest absolute Gasteiger partial charge is 0.438 e. The second kappa shape index (κ2) is 12.5. The fourth-order valence-corrected chi connectivity index (χ4v) is 7.77. The topological polar surface area (TPSA) is 38.8 Å². The minimum absolute atomic E-state index is 0.431. The lowest BCUT2D eigenvalue weighted by atomic mass is 9.96. The van der Waals surface area contributed by atoms with Crippen molar-refractivity contribution in [2.45, 2.75) is 6.17 Å². The van der Waals surface area contributed by atoms with Crippen LogP contribution in [0.4, 0.5) is 0 Å². The van der Waals surface area contributed by atoms with E-state index in [1.54, 1.807) is 0 Å². The van der Waals surface area contributed by atoms with Gasteiger partial charge in [0.05, 0.1) is 12.0 Å². The molecule has 0 saturated heterocycles. The second-order valence-corrected chi connectivity index (χ2v) is 13.3. The number of hydrogen-bond acceptors (Lipinski definition) is 3. The molecule has 49 heavy (non-hydrogen) atoms. The Morgan fingerprint density at radius 3 is 1.63 bits per heavy atom. The molecule has 0 N–H and O–H groups in total. The molecule has 1 unspecified atom stereocenters. The summed E-state index contributed by atoms with van der Waals surface area (Å²) in [5, 5.41) is 7.77. The van der Waals surface area contributed by atoms with Crippen LogP contribution in [-0.2, 0) is 0 Å². The van der Waals surface area contributed by atoms with E-state index < -0.39 is 6.17 Å². The fourth-order valence-electron chi connectivity index (χ4n) is 6.60. The quantitative estimate of drug-likeness (QED) is 0.173. The van der Waals surface area contributed by atoms with E-state index in [0.29, 0.717) is 11.7 Å². The molecule has 0 radical (unpaired) electrons. The van der Waals surface area contributed by atoms with Crippen LogP contribution in [-0.4, -0.2) is 11.7 Å². The van der Waals surface area contributed by atoms with Crippen molar-refractivity contribution < 1.29 is 0 Å². The molecule has 1 atom stereocenters. The van der Waals surface area contributed by atoms with Gasteiger partial charge in [-0.3, -0.25) is 4.99 Å². The monoisotopic (exact) mass is 644 g/mol. The van der Waals surface area contributed by atoms with Crippen molar-refractivity contribution >= 4 is 43.2 Å². The van der Waals surface area contributed by atoms with Crippen LogP contribution in [0.5, 0.6) is 0 Å². The Morgan fingerprint density at radius 2 is 0.980 bits per heavy atom. The van der Waals surface area contributed by atoms with Crippen LogP contribution in [0, 0.1) is 0 Å². The third-order valence-corrected chi connectivity index (χ3v) is 10.2. The highest BCUT2D eigenvalue weighted by molar-refractivity contribution is 7.26. The summed E-state index contributed by atoms with van der Waals surface area (Å²) in [7, 11) is 0. The molecule has 9 rings (SSSR count). The average Bonchev–Trinajstić information content (AvgIpc) is 3.57. The Balaban J connectivity index is 1.17. The van der Waals surface area contributed by atoms with Crippen LogP contribution in [0.25, 0.3) is 58.9 Å². The first-order chi connectivity index (χ1) is 24.3. The molecule has 3 nitrogen and oxygen atoms in total. The van der Waals surface area contributed by atoms with E-state index in [4.69, 9.17) is 15.3 Å². The van der Waals surface area contributed by atoms with E-state index in [1.165, 1.54) is 42.4 Å². The van der Waals surface area contributed by atoms with Crippen LogP contribution >= 0.6 is 11.3 Å². The zero-order chi connectivity index (χ0) is 32.6. The summed E-state index contributed by atoms with van der Waals surface area (Å²) in [6.45, 7) is 0. The van der Waals surface area contributed by atoms with Crippen LogP contribution in [0.15, 0.2) is 186 Å². The average molecular weight is 645 g/mol. The van der Waals surface area contributed by atoms with Gasteiger partial charge in [0.25, 0.3) is 0 Å². The maximum atomic E-state index is 5.23. The van der Waals surface area contributed by atoms with Crippen LogP contribution in [0.2, 0.25) is 0 Å². The second-order valence-electron chi connectivity index (χ2n) is 12.2. The zero-order valence-corrected chi connectivity index (χ0v) is 27.4. The van der Waals surface area contributed by atoms with E-state index in [-0.39, 0.29) is 0 Å². The number of aliphatic imine (C=N–C) groups is 2. The van der Waals surface area contributed by atoms with Gasteiger partial charge < -0.3 is 10.3 Å². The maximum Gasteiger partial charge on any atom is 0.0822 e. The van der Waals surface area contributed by atoms with Crippen molar-refractivity contribution in [3.05, 3.63) is 198 Å². The fraction of sp³-hybridized carbons (Fsp3) is 0.0222. The highest BCUT2D eigenvalue weighted by Gasteiger charge is 2.18. The van der Waals surface area contributed by atoms with Gasteiger partial charge in [0.1, 0.15) is 0 Å². The molecular formula is C45H30N3S-. The zero-order valence-electron chi connectivity index (χ0n) is 26.6. The Morgan fingerprint density at radius 1 is 0.449 bits per heavy atom. The lowest BCUT2D eigenvalue weighted by Crippen LogP contribution is -2.16. The summed E-state index contributed by atoms with van der Waals surface area (Å²) in [5.74, 6) is 1.37. The minimum atomic E-state index is -0.431. The third kappa shape index (κ3) is 5.62. The van der Waals surface area contributed by atoms with Gasteiger partial charge in [-0.05, 0) is 68.3 Å². The Kier molecular flexibility index (Phi) is 7.41. The molecule has 4 heteroatoms. The normalized spacial score (nSPS) is 14.3. The molecule has 8 aromatic rings. The number of hydrogen-bond donors (Lipinski definition) is 0. The smallest absolute Gasteiger partial charge is 0.0822 e. The van der Waals surface area contributed by atoms with Crippen molar-refractivity contribution in [1.82, 2.24) is 0 Å². The first kappa shape index (κ1) is 29.1. The van der Waals surface area contributed by atoms with E-state index >= 15 is 0 Å². The van der Waals surface area contributed by atoms with Gasteiger partial charge in [0.15, 0.2) is 0 Å². The molecule has 0 aliphatic carbocycles. The van der Waals surface area contributed by atoms with Gasteiger partial charge in [-0.15, -0.1) is 11.3 Å². The van der Waals surface area contributed by atoms with Gasteiger partial charge in [-0.25, -0.2) is 0 Å². The van der Waals surface area contributed by atoms with Gasteiger partial charge in [0.2, 0.25) is 0 Å². The van der Waals surface area contributed by atoms with Gasteiger partial charge in [-0.2, -0.15) is 0 Å². The van der Waals surface area contributed by atoms with Crippen molar-refractivity contribution in [2.75, 3.05) is 0 Å². The molecule has 232 valence electrons. The number of amidine groups is 2. The Bertz CT molecular complexity index is 2480. The first-order valence-electron chi connectivity index (χ1n) is 16.5. The maximum absolute atomic E-state index is 5.23. The minimum Gasteiger partial charge on any atom is -0.438 e.